The van der Waals surface area contributed by atoms with E-state index >= 15 is 0 Å². The minimum Gasteiger partial charge on any atom is -0.481 e. The summed E-state index contributed by atoms with van der Waals surface area (Å²) in [6, 6.07) is -5.05. The fourth-order valence-corrected chi connectivity index (χ4v) is 1.92. The van der Waals surface area contributed by atoms with Gasteiger partial charge in [-0.2, -0.15) is 0 Å². The standard InChI is InChI=1S/C15H25N5O8/c1-6(16)12(24)19-8(3-4-11(22)23)14(26)18-7(2)13(25)20-9(15(27)28)5-10(17)21/h6-9H,3-5,16H2,1-2H3,(H2,17,21)(H,18,26)(H,19,24)(H,20,25)(H,22,23)(H,27,28). The van der Waals surface area contributed by atoms with E-state index in [0.29, 0.717) is 0 Å². The lowest BCUT2D eigenvalue weighted by molar-refractivity contribution is -0.143. The molecular weight excluding hydrogens is 378 g/mol. The van der Waals surface area contributed by atoms with Gasteiger partial charge in [0.15, 0.2) is 0 Å². The first-order valence-corrected chi connectivity index (χ1v) is 8.24. The zero-order valence-electron chi connectivity index (χ0n) is 15.4. The van der Waals surface area contributed by atoms with Crippen LogP contribution in [-0.4, -0.2) is 69.9 Å². The van der Waals surface area contributed by atoms with Gasteiger partial charge in [-0.1, -0.05) is 0 Å². The molecule has 0 aromatic rings. The molecule has 0 saturated carbocycles. The van der Waals surface area contributed by atoms with Crippen molar-refractivity contribution in [3.05, 3.63) is 0 Å². The zero-order valence-corrected chi connectivity index (χ0v) is 15.4. The van der Waals surface area contributed by atoms with Crippen LogP contribution in [0, 0.1) is 0 Å². The summed E-state index contributed by atoms with van der Waals surface area (Å²) >= 11 is 0. The first kappa shape index (κ1) is 24.8. The van der Waals surface area contributed by atoms with Gasteiger partial charge in [0.1, 0.15) is 18.1 Å². The van der Waals surface area contributed by atoms with Crippen LogP contribution < -0.4 is 27.4 Å². The largest absolute Gasteiger partial charge is 0.481 e. The molecule has 0 fully saturated rings. The fourth-order valence-electron chi connectivity index (χ4n) is 1.92. The summed E-state index contributed by atoms with van der Waals surface area (Å²) in [5, 5.41) is 24.3. The van der Waals surface area contributed by atoms with Gasteiger partial charge in [-0.05, 0) is 20.3 Å². The maximum absolute atomic E-state index is 12.3. The maximum Gasteiger partial charge on any atom is 0.326 e. The molecule has 4 atom stereocenters. The Labute approximate surface area is 160 Å². The van der Waals surface area contributed by atoms with Gasteiger partial charge in [-0.3, -0.25) is 24.0 Å². The van der Waals surface area contributed by atoms with E-state index in [1.54, 1.807) is 0 Å². The lowest BCUT2D eigenvalue weighted by Crippen LogP contribution is -2.56. The number of carboxylic acid groups (broad SMARTS) is 2. The summed E-state index contributed by atoms with van der Waals surface area (Å²) < 4.78 is 0. The smallest absolute Gasteiger partial charge is 0.326 e. The highest BCUT2D eigenvalue weighted by Gasteiger charge is 2.28. The van der Waals surface area contributed by atoms with Crippen LogP contribution in [0.15, 0.2) is 0 Å². The van der Waals surface area contributed by atoms with Crippen molar-refractivity contribution >= 4 is 35.6 Å². The predicted octanol–water partition coefficient (Wildman–Crippen LogP) is -3.37. The van der Waals surface area contributed by atoms with E-state index in [4.69, 9.17) is 21.7 Å². The molecule has 13 heteroatoms. The van der Waals surface area contributed by atoms with Gasteiger partial charge in [0.25, 0.3) is 0 Å². The third-order valence-electron chi connectivity index (χ3n) is 3.47. The minimum atomic E-state index is -1.58. The van der Waals surface area contributed by atoms with Gasteiger partial charge < -0.3 is 37.6 Å². The number of carbonyl (C=O) groups excluding carboxylic acids is 4. The van der Waals surface area contributed by atoms with Crippen molar-refractivity contribution in [1.29, 1.82) is 0 Å². The van der Waals surface area contributed by atoms with Crippen molar-refractivity contribution in [3.63, 3.8) is 0 Å². The number of nitrogens with one attached hydrogen (secondary N) is 3. The third kappa shape index (κ3) is 9.47. The highest BCUT2D eigenvalue weighted by Crippen LogP contribution is 2.01. The van der Waals surface area contributed by atoms with E-state index in [0.717, 1.165) is 0 Å². The maximum atomic E-state index is 12.3. The van der Waals surface area contributed by atoms with Gasteiger partial charge in [0.2, 0.25) is 23.6 Å². The fraction of sp³-hybridized carbons (Fsp3) is 0.600. The van der Waals surface area contributed by atoms with Gasteiger partial charge >= 0.3 is 11.9 Å². The molecule has 0 aliphatic rings. The molecule has 0 saturated heterocycles. The van der Waals surface area contributed by atoms with Crippen molar-refractivity contribution in [1.82, 2.24) is 16.0 Å². The Balaban J connectivity index is 5.02. The van der Waals surface area contributed by atoms with Crippen LogP contribution in [0.25, 0.3) is 0 Å². The summed E-state index contributed by atoms with van der Waals surface area (Å²) in [5.74, 6) is -6.12. The second kappa shape index (κ2) is 11.5. The average Bonchev–Trinajstić information content (AvgIpc) is 2.56. The van der Waals surface area contributed by atoms with Crippen molar-refractivity contribution in [3.8, 4) is 0 Å². The van der Waals surface area contributed by atoms with E-state index in [2.05, 4.69) is 10.6 Å². The van der Waals surface area contributed by atoms with Crippen LogP contribution in [0.4, 0.5) is 0 Å². The number of amides is 4. The van der Waals surface area contributed by atoms with E-state index in [1.165, 1.54) is 13.8 Å². The molecule has 0 bridgehead atoms. The summed E-state index contributed by atoms with van der Waals surface area (Å²) in [6.07, 6.45) is -1.33. The van der Waals surface area contributed by atoms with Crippen LogP contribution in [0.2, 0.25) is 0 Å². The second-order valence-corrected chi connectivity index (χ2v) is 6.08. The first-order valence-electron chi connectivity index (χ1n) is 8.24. The highest BCUT2D eigenvalue weighted by molar-refractivity contribution is 5.94. The van der Waals surface area contributed by atoms with E-state index in [-0.39, 0.29) is 6.42 Å². The molecule has 9 N–H and O–H groups in total. The van der Waals surface area contributed by atoms with E-state index in [9.17, 15) is 28.8 Å². The Hall–Kier alpha value is -3.22. The molecule has 13 nitrogen and oxygen atoms in total. The normalized spacial score (nSPS) is 14.7. The van der Waals surface area contributed by atoms with Crippen molar-refractivity contribution in [2.75, 3.05) is 0 Å². The number of primary amides is 1. The quantitative estimate of drug-likeness (QED) is 0.172. The number of nitrogens with two attached hydrogens (primary N) is 2. The lowest BCUT2D eigenvalue weighted by atomic mass is 10.1. The predicted molar refractivity (Wildman–Crippen MR) is 93.4 cm³/mol. The van der Waals surface area contributed by atoms with Crippen LogP contribution in [-0.2, 0) is 28.8 Å². The Morgan fingerprint density at radius 1 is 0.857 bits per heavy atom. The Bertz CT molecular complexity index is 636. The molecule has 28 heavy (non-hydrogen) atoms. The summed E-state index contributed by atoms with van der Waals surface area (Å²) in [4.78, 5) is 68.7. The van der Waals surface area contributed by atoms with Crippen LogP contribution in [0.3, 0.4) is 0 Å². The molecule has 0 aromatic carbocycles. The van der Waals surface area contributed by atoms with Crippen LogP contribution in [0.5, 0.6) is 0 Å². The average molecular weight is 403 g/mol. The van der Waals surface area contributed by atoms with Crippen molar-refractivity contribution in [2.24, 2.45) is 11.5 Å². The summed E-state index contributed by atoms with van der Waals surface area (Å²) in [5.41, 5.74) is 10.3. The molecule has 0 rings (SSSR count). The summed E-state index contributed by atoms with van der Waals surface area (Å²) in [7, 11) is 0. The lowest BCUT2D eigenvalue weighted by Gasteiger charge is -2.22. The minimum absolute atomic E-state index is 0.257. The Morgan fingerprint density at radius 3 is 1.82 bits per heavy atom. The van der Waals surface area contributed by atoms with Crippen molar-refractivity contribution < 1.29 is 39.0 Å². The van der Waals surface area contributed by atoms with E-state index in [1.807, 2.05) is 5.32 Å². The molecule has 0 aliphatic carbocycles. The Morgan fingerprint density at radius 2 is 1.39 bits per heavy atom. The first-order chi connectivity index (χ1) is 12.8. The van der Waals surface area contributed by atoms with Crippen LogP contribution >= 0.6 is 0 Å². The number of hydrogen-bond acceptors (Lipinski definition) is 7. The second-order valence-electron chi connectivity index (χ2n) is 6.08. The van der Waals surface area contributed by atoms with Gasteiger partial charge in [0.05, 0.1) is 12.5 Å². The van der Waals surface area contributed by atoms with Gasteiger partial charge in [0, 0.05) is 6.42 Å². The molecule has 158 valence electrons. The third-order valence-corrected chi connectivity index (χ3v) is 3.47. The molecule has 0 aliphatic heterocycles. The highest BCUT2D eigenvalue weighted by atomic mass is 16.4. The molecular formula is C15H25N5O8. The number of carboxylic acids is 2. The van der Waals surface area contributed by atoms with E-state index < -0.39 is 72.6 Å². The number of rotatable bonds is 12. The van der Waals surface area contributed by atoms with Gasteiger partial charge in [-0.25, -0.2) is 4.79 Å². The number of hydrogen-bond donors (Lipinski definition) is 7. The molecule has 4 amide bonds. The van der Waals surface area contributed by atoms with Gasteiger partial charge in [-0.15, -0.1) is 0 Å². The van der Waals surface area contributed by atoms with Crippen molar-refractivity contribution in [2.45, 2.75) is 57.3 Å². The molecule has 4 unspecified atom stereocenters. The number of aliphatic carboxylic acids is 2. The van der Waals surface area contributed by atoms with Crippen LogP contribution in [0.1, 0.15) is 33.1 Å². The molecule has 0 aromatic heterocycles. The molecule has 0 radical (unpaired) electrons. The SMILES string of the molecule is CC(N)C(=O)NC(CCC(=O)O)C(=O)NC(C)C(=O)NC(CC(N)=O)C(=O)O. The molecule has 0 heterocycles. The Kier molecular flexibility index (Phi) is 10.2. The summed E-state index contributed by atoms with van der Waals surface area (Å²) in [6.45, 7) is 2.60. The monoisotopic (exact) mass is 403 g/mol. The topological polar surface area (TPSA) is 231 Å². The zero-order chi connectivity index (χ0) is 22.0. The number of carbonyl (C=O) groups is 6. The molecule has 0 spiro atoms.